The van der Waals surface area contributed by atoms with Crippen LogP contribution >= 0.6 is 0 Å². The monoisotopic (exact) mass is 630 g/mol. The number of carbonyl (C=O) groups is 3. The molecule has 3 rings (SSSR count). The third kappa shape index (κ3) is 13.3. The number of hydrogen-bond acceptors (Lipinski definition) is 8. The minimum Gasteiger partial charge on any atom is -0.489 e. The fourth-order valence-corrected chi connectivity index (χ4v) is 4.86. The first-order valence-corrected chi connectivity index (χ1v) is 16.1. The van der Waals surface area contributed by atoms with Gasteiger partial charge in [-0.1, -0.05) is 101 Å². The lowest BCUT2D eigenvalue weighted by Crippen LogP contribution is -2.10. The minimum absolute atomic E-state index is 0.159. The first kappa shape index (κ1) is 36.0. The first-order valence-electron chi connectivity index (χ1n) is 16.1. The molecule has 0 saturated carbocycles. The van der Waals surface area contributed by atoms with Crippen molar-refractivity contribution in [3.8, 4) is 23.0 Å². The zero-order chi connectivity index (χ0) is 33.1. The largest absolute Gasteiger partial charge is 0.489 e. The van der Waals surface area contributed by atoms with Crippen molar-refractivity contribution in [1.82, 2.24) is 0 Å². The van der Waals surface area contributed by atoms with Crippen LogP contribution < -0.4 is 18.9 Å². The summed E-state index contributed by atoms with van der Waals surface area (Å²) >= 11 is 0. The molecule has 0 aromatic heterocycles. The summed E-state index contributed by atoms with van der Waals surface area (Å²) in [5, 5.41) is 11.2. The Balaban J connectivity index is 1.72. The molecule has 46 heavy (non-hydrogen) atoms. The molecule has 8 heteroatoms. The predicted octanol–water partition coefficient (Wildman–Crippen LogP) is 8.69. The van der Waals surface area contributed by atoms with Gasteiger partial charge in [0.05, 0.1) is 0 Å². The molecule has 246 valence electrons. The van der Waals surface area contributed by atoms with E-state index in [4.69, 9.17) is 18.9 Å². The molecule has 0 saturated heterocycles. The lowest BCUT2D eigenvalue weighted by atomic mass is 10.1. The molecule has 0 bridgehead atoms. The summed E-state index contributed by atoms with van der Waals surface area (Å²) < 4.78 is 22.1. The third-order valence-corrected chi connectivity index (χ3v) is 7.22. The Labute approximate surface area is 272 Å². The van der Waals surface area contributed by atoms with Crippen molar-refractivity contribution >= 4 is 24.0 Å². The van der Waals surface area contributed by atoms with Gasteiger partial charge in [-0.25, -0.2) is 0 Å². The molecule has 8 nitrogen and oxygen atoms in total. The summed E-state index contributed by atoms with van der Waals surface area (Å²) in [7, 11) is 0. The molecular weight excluding hydrogens is 584 g/mol. The number of aliphatic hydroxyl groups excluding tert-OH is 1. The first-order chi connectivity index (χ1) is 22.2. The second kappa shape index (κ2) is 19.9. The third-order valence-electron chi connectivity index (χ3n) is 7.22. The molecule has 1 atom stereocenters. The Kier molecular flexibility index (Phi) is 15.6. The van der Waals surface area contributed by atoms with Crippen LogP contribution in [0.15, 0.2) is 72.8 Å². The Hall–Kier alpha value is -4.43. The van der Waals surface area contributed by atoms with E-state index in [1.54, 1.807) is 36.4 Å². The second-order valence-corrected chi connectivity index (χ2v) is 11.2. The molecule has 3 aromatic carbocycles. The molecule has 0 aliphatic rings. The zero-order valence-electron chi connectivity index (χ0n) is 27.2. The van der Waals surface area contributed by atoms with E-state index in [2.05, 4.69) is 6.92 Å². The molecule has 0 radical (unpaired) electrons. The van der Waals surface area contributed by atoms with Gasteiger partial charge < -0.3 is 24.1 Å². The van der Waals surface area contributed by atoms with Crippen molar-refractivity contribution in [2.45, 2.75) is 97.7 Å². The Morgan fingerprint density at radius 1 is 0.717 bits per heavy atom. The van der Waals surface area contributed by atoms with E-state index >= 15 is 0 Å². The maximum atomic E-state index is 12.9. The van der Waals surface area contributed by atoms with E-state index in [9.17, 15) is 19.5 Å². The van der Waals surface area contributed by atoms with Gasteiger partial charge in [0.25, 0.3) is 0 Å². The SMILES string of the molecule is CCCCCCCCCCCC(=O)Oc1cc(OCc2ccccc2)ccc1C(O)C=Cc1ccc(OC(C)=O)cc1OC(C)=O. The number of benzene rings is 3. The van der Waals surface area contributed by atoms with Crippen molar-refractivity contribution in [2.75, 3.05) is 0 Å². The molecule has 3 aromatic rings. The molecule has 1 N–H and O–H groups in total. The van der Waals surface area contributed by atoms with E-state index in [0.29, 0.717) is 23.5 Å². The number of ether oxygens (including phenoxy) is 4. The van der Waals surface area contributed by atoms with Crippen LogP contribution in [0.4, 0.5) is 0 Å². The highest BCUT2D eigenvalue weighted by Crippen LogP contribution is 2.33. The highest BCUT2D eigenvalue weighted by molar-refractivity contribution is 5.74. The van der Waals surface area contributed by atoms with E-state index in [1.165, 1.54) is 64.5 Å². The van der Waals surface area contributed by atoms with Crippen molar-refractivity contribution in [3.63, 3.8) is 0 Å². The molecule has 0 fully saturated rings. The smallest absolute Gasteiger partial charge is 0.311 e. The number of carbonyl (C=O) groups excluding carboxylic acids is 3. The lowest BCUT2D eigenvalue weighted by molar-refractivity contribution is -0.135. The Morgan fingerprint density at radius 2 is 1.35 bits per heavy atom. The summed E-state index contributed by atoms with van der Waals surface area (Å²) in [6.07, 6.45) is 12.4. The molecule has 1 unspecified atom stereocenters. The fourth-order valence-electron chi connectivity index (χ4n) is 4.86. The van der Waals surface area contributed by atoms with E-state index in [1.807, 2.05) is 30.3 Å². The van der Waals surface area contributed by atoms with Gasteiger partial charge in [0, 0.05) is 43.5 Å². The zero-order valence-corrected chi connectivity index (χ0v) is 27.2. The summed E-state index contributed by atoms with van der Waals surface area (Å²) in [6, 6.07) is 19.3. The molecule has 0 aliphatic carbocycles. The number of aliphatic hydroxyl groups is 1. The van der Waals surface area contributed by atoms with Gasteiger partial charge in [-0.05, 0) is 36.2 Å². The molecule has 0 amide bonds. The van der Waals surface area contributed by atoms with Gasteiger partial charge in [0.2, 0.25) is 0 Å². The van der Waals surface area contributed by atoms with Gasteiger partial charge in [-0.3, -0.25) is 14.4 Å². The topological polar surface area (TPSA) is 108 Å². The minimum atomic E-state index is -1.17. The van der Waals surface area contributed by atoms with Gasteiger partial charge in [0.1, 0.15) is 35.7 Å². The number of unbranched alkanes of at least 4 members (excludes halogenated alkanes) is 8. The number of esters is 3. The highest BCUT2D eigenvalue weighted by atomic mass is 16.5. The summed E-state index contributed by atoms with van der Waals surface area (Å²) in [5.74, 6) is -0.368. The van der Waals surface area contributed by atoms with Gasteiger partial charge in [0.15, 0.2) is 0 Å². The summed E-state index contributed by atoms with van der Waals surface area (Å²) in [6.45, 7) is 5.08. The standard InChI is InChI=1S/C38H46O8/c1-4-5-6-7-8-9-10-11-15-18-38(42)46-37-25-32(43-27-30-16-13-12-14-17-30)22-23-34(37)35(41)24-20-31-19-21-33(44-28(2)39)26-36(31)45-29(3)40/h12-14,16-17,19-26,35,41H,4-11,15,18,27H2,1-3H3. The van der Waals surface area contributed by atoms with Crippen LogP contribution in [-0.4, -0.2) is 23.0 Å². The van der Waals surface area contributed by atoms with Crippen LogP contribution in [0.5, 0.6) is 23.0 Å². The van der Waals surface area contributed by atoms with E-state index < -0.39 is 18.0 Å². The summed E-state index contributed by atoms with van der Waals surface area (Å²) in [4.78, 5) is 35.9. The predicted molar refractivity (Wildman–Crippen MR) is 178 cm³/mol. The van der Waals surface area contributed by atoms with E-state index in [0.717, 1.165) is 24.8 Å². The van der Waals surface area contributed by atoms with Gasteiger partial charge in [-0.2, -0.15) is 0 Å². The fraction of sp³-hybridized carbons (Fsp3) is 0.395. The second-order valence-electron chi connectivity index (χ2n) is 11.2. The van der Waals surface area contributed by atoms with Crippen LogP contribution in [0.25, 0.3) is 6.08 Å². The van der Waals surface area contributed by atoms with Crippen LogP contribution in [0.2, 0.25) is 0 Å². The average molecular weight is 631 g/mol. The van der Waals surface area contributed by atoms with E-state index in [-0.39, 0.29) is 29.6 Å². The number of rotatable bonds is 19. The Morgan fingerprint density at radius 3 is 2.02 bits per heavy atom. The summed E-state index contributed by atoms with van der Waals surface area (Å²) in [5.41, 5.74) is 1.83. The highest BCUT2D eigenvalue weighted by Gasteiger charge is 2.17. The maximum Gasteiger partial charge on any atom is 0.311 e. The van der Waals surface area contributed by atoms with Crippen molar-refractivity contribution < 1.29 is 38.4 Å². The number of hydrogen-bond donors (Lipinski definition) is 1. The van der Waals surface area contributed by atoms with Crippen LogP contribution in [0.1, 0.15) is 108 Å². The quantitative estimate of drug-likeness (QED) is 0.0796. The lowest BCUT2D eigenvalue weighted by Gasteiger charge is -2.16. The average Bonchev–Trinajstić information content (AvgIpc) is 3.02. The maximum absolute atomic E-state index is 12.9. The van der Waals surface area contributed by atoms with Crippen molar-refractivity contribution in [1.29, 1.82) is 0 Å². The Bertz CT molecular complexity index is 1430. The molecule has 0 heterocycles. The molecule has 0 spiro atoms. The van der Waals surface area contributed by atoms with Crippen molar-refractivity contribution in [2.24, 2.45) is 0 Å². The van der Waals surface area contributed by atoms with Crippen LogP contribution in [0.3, 0.4) is 0 Å². The van der Waals surface area contributed by atoms with Gasteiger partial charge >= 0.3 is 17.9 Å². The van der Waals surface area contributed by atoms with Gasteiger partial charge in [-0.15, -0.1) is 0 Å². The molecular formula is C38H46O8. The normalized spacial score (nSPS) is 11.7. The van der Waals surface area contributed by atoms with Crippen LogP contribution in [-0.2, 0) is 21.0 Å². The van der Waals surface area contributed by atoms with Crippen LogP contribution in [0, 0.1) is 0 Å². The molecule has 0 aliphatic heterocycles. The van der Waals surface area contributed by atoms with Crippen molar-refractivity contribution in [3.05, 3.63) is 89.5 Å².